The zero-order valence-electron chi connectivity index (χ0n) is 10.3. The van der Waals surface area contributed by atoms with E-state index in [4.69, 9.17) is 10.00 Å². The van der Waals surface area contributed by atoms with Gasteiger partial charge < -0.3 is 15.0 Å². The number of nitrogens with zero attached hydrogens (tertiary/aromatic N) is 3. The Morgan fingerprint density at radius 1 is 1.61 bits per heavy atom. The van der Waals surface area contributed by atoms with Gasteiger partial charge in [-0.15, -0.1) is 0 Å². The molecule has 18 heavy (non-hydrogen) atoms. The van der Waals surface area contributed by atoms with E-state index in [1.165, 1.54) is 0 Å². The number of anilines is 1. The van der Waals surface area contributed by atoms with Gasteiger partial charge in [-0.25, -0.2) is 4.79 Å². The number of nitrogens with one attached hydrogen (secondary N) is 1. The quantitative estimate of drug-likeness (QED) is 0.827. The van der Waals surface area contributed by atoms with Crippen LogP contribution in [0.2, 0.25) is 0 Å². The summed E-state index contributed by atoms with van der Waals surface area (Å²) >= 11 is 0. The third kappa shape index (κ3) is 4.80. The standard InChI is InChI=1S/C12H16N4O2/c1-18-9-8-16(7-3-5-13)12(17)15-11-4-2-6-14-10-11/h2,4,6,10H,3,7-9H2,1H3,(H,15,17). The molecule has 6 nitrogen and oxygen atoms in total. The van der Waals surface area contributed by atoms with Crippen molar-refractivity contribution in [3.63, 3.8) is 0 Å². The number of rotatable bonds is 6. The summed E-state index contributed by atoms with van der Waals surface area (Å²) in [4.78, 5) is 17.4. The van der Waals surface area contributed by atoms with Crippen molar-refractivity contribution in [2.24, 2.45) is 0 Å². The Morgan fingerprint density at radius 2 is 2.44 bits per heavy atom. The first-order chi connectivity index (χ1) is 8.77. The zero-order valence-corrected chi connectivity index (χ0v) is 10.3. The minimum atomic E-state index is -0.254. The first-order valence-electron chi connectivity index (χ1n) is 5.59. The smallest absolute Gasteiger partial charge is 0.321 e. The van der Waals surface area contributed by atoms with Crippen LogP contribution in [0.25, 0.3) is 0 Å². The van der Waals surface area contributed by atoms with Crippen molar-refractivity contribution in [3.8, 4) is 6.07 Å². The average molecular weight is 248 g/mol. The maximum Gasteiger partial charge on any atom is 0.321 e. The molecule has 1 aromatic heterocycles. The van der Waals surface area contributed by atoms with Gasteiger partial charge in [0, 0.05) is 26.4 Å². The first kappa shape index (κ1) is 13.9. The molecule has 0 aliphatic heterocycles. The SMILES string of the molecule is COCCN(CCC#N)C(=O)Nc1cccnc1. The highest BCUT2D eigenvalue weighted by atomic mass is 16.5. The Labute approximate surface area is 106 Å². The number of urea groups is 1. The molecular weight excluding hydrogens is 232 g/mol. The molecule has 6 heteroatoms. The van der Waals surface area contributed by atoms with Crippen molar-refractivity contribution in [2.45, 2.75) is 6.42 Å². The van der Waals surface area contributed by atoms with Crippen molar-refractivity contribution in [1.82, 2.24) is 9.88 Å². The molecule has 0 saturated carbocycles. The molecule has 2 amide bonds. The molecule has 1 N–H and O–H groups in total. The lowest BCUT2D eigenvalue weighted by atomic mass is 10.4. The number of aromatic nitrogens is 1. The molecule has 1 aromatic rings. The summed E-state index contributed by atoms with van der Waals surface area (Å²) in [5.74, 6) is 0. The van der Waals surface area contributed by atoms with Crippen LogP contribution in [0, 0.1) is 11.3 Å². The van der Waals surface area contributed by atoms with Crippen LogP contribution < -0.4 is 5.32 Å². The minimum absolute atomic E-state index is 0.254. The molecule has 0 fully saturated rings. The molecule has 0 spiro atoms. The van der Waals surface area contributed by atoms with Crippen molar-refractivity contribution in [3.05, 3.63) is 24.5 Å². The molecule has 0 bridgehead atoms. The van der Waals surface area contributed by atoms with Crippen molar-refractivity contribution < 1.29 is 9.53 Å². The highest BCUT2D eigenvalue weighted by molar-refractivity contribution is 5.89. The fourth-order valence-corrected chi connectivity index (χ4v) is 1.34. The molecule has 1 rings (SSSR count). The number of hydrogen-bond donors (Lipinski definition) is 1. The number of ether oxygens (including phenoxy) is 1. The number of carbonyl (C=O) groups excluding carboxylic acids is 1. The molecule has 0 aromatic carbocycles. The van der Waals surface area contributed by atoms with E-state index in [-0.39, 0.29) is 6.03 Å². The lowest BCUT2D eigenvalue weighted by Gasteiger charge is -2.21. The van der Waals surface area contributed by atoms with Crippen LogP contribution in [0.15, 0.2) is 24.5 Å². The van der Waals surface area contributed by atoms with E-state index < -0.39 is 0 Å². The van der Waals surface area contributed by atoms with Gasteiger partial charge in [0.15, 0.2) is 0 Å². The van der Waals surface area contributed by atoms with Crippen LogP contribution >= 0.6 is 0 Å². The summed E-state index contributed by atoms with van der Waals surface area (Å²) in [5, 5.41) is 11.3. The van der Waals surface area contributed by atoms with Crippen LogP contribution in [0.3, 0.4) is 0 Å². The van der Waals surface area contributed by atoms with Gasteiger partial charge >= 0.3 is 6.03 Å². The van der Waals surface area contributed by atoms with Gasteiger partial charge in [-0.3, -0.25) is 4.98 Å². The third-order valence-electron chi connectivity index (χ3n) is 2.26. The molecule has 96 valence electrons. The normalized spacial score (nSPS) is 9.56. The van der Waals surface area contributed by atoms with E-state index >= 15 is 0 Å². The molecule has 1 heterocycles. The summed E-state index contributed by atoms with van der Waals surface area (Å²) < 4.78 is 4.94. The molecule has 0 radical (unpaired) electrons. The number of pyridine rings is 1. The van der Waals surface area contributed by atoms with Gasteiger partial charge in [-0.1, -0.05) is 0 Å². The van der Waals surface area contributed by atoms with Crippen molar-refractivity contribution >= 4 is 11.7 Å². The highest BCUT2D eigenvalue weighted by Crippen LogP contribution is 2.05. The van der Waals surface area contributed by atoms with E-state index in [1.54, 1.807) is 36.5 Å². The van der Waals surface area contributed by atoms with Gasteiger partial charge in [0.2, 0.25) is 0 Å². The van der Waals surface area contributed by atoms with E-state index in [2.05, 4.69) is 10.3 Å². The predicted molar refractivity (Wildman–Crippen MR) is 66.9 cm³/mol. The molecular formula is C12H16N4O2. The summed E-state index contributed by atoms with van der Waals surface area (Å²) in [6.07, 6.45) is 3.49. The predicted octanol–water partition coefficient (Wildman–Crippen LogP) is 1.48. The molecule has 0 atom stereocenters. The number of methoxy groups -OCH3 is 1. The lowest BCUT2D eigenvalue weighted by molar-refractivity contribution is 0.156. The highest BCUT2D eigenvalue weighted by Gasteiger charge is 2.12. The Kier molecular flexibility index (Phi) is 6.22. The summed E-state index contributed by atoms with van der Waals surface area (Å²) in [6.45, 7) is 1.27. The second-order valence-corrected chi connectivity index (χ2v) is 3.56. The van der Waals surface area contributed by atoms with Crippen LogP contribution in [0.1, 0.15) is 6.42 Å². The van der Waals surface area contributed by atoms with Crippen molar-refractivity contribution in [1.29, 1.82) is 5.26 Å². The van der Waals surface area contributed by atoms with E-state index in [1.807, 2.05) is 6.07 Å². The topological polar surface area (TPSA) is 78.2 Å². The van der Waals surface area contributed by atoms with Crippen LogP contribution in [0.5, 0.6) is 0 Å². The lowest BCUT2D eigenvalue weighted by Crippen LogP contribution is -2.38. The Hall–Kier alpha value is -2.13. The van der Waals surface area contributed by atoms with Crippen molar-refractivity contribution in [2.75, 3.05) is 32.1 Å². The van der Waals surface area contributed by atoms with E-state index in [0.717, 1.165) is 0 Å². The third-order valence-corrected chi connectivity index (χ3v) is 2.26. The Morgan fingerprint density at radius 3 is 3.06 bits per heavy atom. The average Bonchev–Trinajstić information content (AvgIpc) is 2.40. The van der Waals surface area contributed by atoms with Gasteiger partial charge in [0.05, 0.1) is 31.0 Å². The zero-order chi connectivity index (χ0) is 13.2. The molecule has 0 aliphatic rings. The van der Waals surface area contributed by atoms with E-state index in [0.29, 0.717) is 31.8 Å². The van der Waals surface area contributed by atoms with Gasteiger partial charge in [-0.2, -0.15) is 5.26 Å². The number of nitriles is 1. The van der Waals surface area contributed by atoms with Gasteiger partial charge in [0.25, 0.3) is 0 Å². The maximum atomic E-state index is 11.9. The van der Waals surface area contributed by atoms with Gasteiger partial charge in [-0.05, 0) is 12.1 Å². The largest absolute Gasteiger partial charge is 0.383 e. The fourth-order valence-electron chi connectivity index (χ4n) is 1.34. The number of carbonyl (C=O) groups is 1. The Bertz CT molecular complexity index is 402. The summed E-state index contributed by atoms with van der Waals surface area (Å²) in [7, 11) is 1.57. The Balaban J connectivity index is 2.55. The number of amides is 2. The van der Waals surface area contributed by atoms with Crippen LogP contribution in [-0.2, 0) is 4.74 Å². The maximum absolute atomic E-state index is 11.9. The van der Waals surface area contributed by atoms with Crippen LogP contribution in [0.4, 0.5) is 10.5 Å². The summed E-state index contributed by atoms with van der Waals surface area (Å²) in [6, 6.07) is 5.26. The molecule has 0 unspecified atom stereocenters. The second-order valence-electron chi connectivity index (χ2n) is 3.56. The van der Waals surface area contributed by atoms with Crippen LogP contribution in [-0.4, -0.2) is 42.7 Å². The molecule has 0 aliphatic carbocycles. The van der Waals surface area contributed by atoms with Gasteiger partial charge in [0.1, 0.15) is 0 Å². The second kappa shape index (κ2) is 8.03. The first-order valence-corrected chi connectivity index (χ1v) is 5.59. The summed E-state index contributed by atoms with van der Waals surface area (Å²) in [5.41, 5.74) is 0.627. The van der Waals surface area contributed by atoms with E-state index in [9.17, 15) is 4.79 Å². The molecule has 0 saturated heterocycles. The minimum Gasteiger partial charge on any atom is -0.383 e. The monoisotopic (exact) mass is 248 g/mol. The fraction of sp³-hybridized carbons (Fsp3) is 0.417. The number of hydrogen-bond acceptors (Lipinski definition) is 4.